The maximum Gasteiger partial charge on any atom is 0.343 e. The average molecular weight is 534 g/mol. The first kappa shape index (κ1) is 26.9. The molecule has 200 valence electrons. The highest BCUT2D eigenvalue weighted by molar-refractivity contribution is 7.92. The van der Waals surface area contributed by atoms with Crippen LogP contribution in [0.15, 0.2) is 35.2 Å². The molecule has 1 amide bonds. The molecule has 0 bridgehead atoms. The Bertz CT molecular complexity index is 1300. The molecule has 4 rings (SSSR count). The van der Waals surface area contributed by atoms with Gasteiger partial charge in [-0.3, -0.25) is 9.52 Å². The van der Waals surface area contributed by atoms with E-state index in [9.17, 15) is 22.4 Å². The Labute approximate surface area is 216 Å². The number of halogens is 1. The number of carbonyl (C=O) groups excluding carboxylic acids is 2. The highest BCUT2D eigenvalue weighted by Crippen LogP contribution is 2.40. The van der Waals surface area contributed by atoms with Gasteiger partial charge in [-0.25, -0.2) is 17.6 Å². The van der Waals surface area contributed by atoms with Crippen molar-refractivity contribution in [1.29, 1.82) is 0 Å². The molecule has 0 aliphatic carbocycles. The van der Waals surface area contributed by atoms with Crippen molar-refractivity contribution >= 4 is 27.6 Å². The van der Waals surface area contributed by atoms with E-state index in [0.717, 1.165) is 49.7 Å². The van der Waals surface area contributed by atoms with Gasteiger partial charge in [-0.2, -0.15) is 0 Å². The standard InChI is InChI=1S/C26H32FN3O6S/c1-4-30-11-9-19(15-30)28-23(31)14-17-13-18(27)5-8-22(17)37(33,34)29-21-7-6-20-16(2)10-12-36-25(20)24(21)26(32)35-3/h5-8,13,16,19,29H,4,9-12,14-15H2,1-3H3,(H,28,31). The van der Waals surface area contributed by atoms with Crippen LogP contribution in [0.3, 0.4) is 0 Å². The van der Waals surface area contributed by atoms with Crippen LogP contribution in [0.1, 0.15) is 54.1 Å². The largest absolute Gasteiger partial charge is 0.492 e. The number of hydrogen-bond acceptors (Lipinski definition) is 7. The number of likely N-dealkylation sites (N-methyl/N-ethyl adjacent to an activating group) is 1. The molecule has 2 aromatic carbocycles. The minimum absolute atomic E-state index is 0.0118. The molecule has 1 saturated heterocycles. The molecule has 0 radical (unpaired) electrons. The number of esters is 1. The van der Waals surface area contributed by atoms with Crippen molar-refractivity contribution in [2.75, 3.05) is 38.1 Å². The summed E-state index contributed by atoms with van der Waals surface area (Å²) in [6, 6.07) is 6.33. The number of hydrogen-bond donors (Lipinski definition) is 2. The smallest absolute Gasteiger partial charge is 0.343 e. The Kier molecular flexibility index (Phi) is 8.03. The first-order valence-electron chi connectivity index (χ1n) is 12.3. The van der Waals surface area contributed by atoms with E-state index in [1.165, 1.54) is 13.2 Å². The number of carbonyl (C=O) groups is 2. The summed E-state index contributed by atoms with van der Waals surface area (Å²) >= 11 is 0. The molecule has 2 aromatic rings. The van der Waals surface area contributed by atoms with Crippen LogP contribution >= 0.6 is 0 Å². The number of sulfonamides is 1. The number of nitrogens with zero attached hydrogens (tertiary/aromatic N) is 1. The number of anilines is 1. The fourth-order valence-corrected chi connectivity index (χ4v) is 6.16. The van der Waals surface area contributed by atoms with Crippen LogP contribution in [0.5, 0.6) is 5.75 Å². The van der Waals surface area contributed by atoms with E-state index in [2.05, 4.69) is 14.9 Å². The van der Waals surface area contributed by atoms with Crippen LogP contribution in [-0.2, 0) is 26.0 Å². The monoisotopic (exact) mass is 533 g/mol. The molecule has 2 N–H and O–H groups in total. The Hall–Kier alpha value is -3.18. The maximum absolute atomic E-state index is 14.1. The van der Waals surface area contributed by atoms with Gasteiger partial charge in [0.15, 0.2) is 0 Å². The van der Waals surface area contributed by atoms with Crippen LogP contribution in [0, 0.1) is 5.82 Å². The second kappa shape index (κ2) is 11.1. The van der Waals surface area contributed by atoms with Crippen LogP contribution in [0.25, 0.3) is 0 Å². The van der Waals surface area contributed by atoms with E-state index < -0.39 is 27.7 Å². The normalized spacial score (nSPS) is 19.6. The lowest BCUT2D eigenvalue weighted by Crippen LogP contribution is -2.38. The lowest BCUT2D eigenvalue weighted by molar-refractivity contribution is -0.121. The zero-order valence-electron chi connectivity index (χ0n) is 21.2. The fourth-order valence-electron chi connectivity index (χ4n) is 4.86. The van der Waals surface area contributed by atoms with E-state index in [0.29, 0.717) is 13.2 Å². The van der Waals surface area contributed by atoms with Crippen LogP contribution < -0.4 is 14.8 Å². The Morgan fingerprint density at radius 1 is 1.22 bits per heavy atom. The molecule has 2 heterocycles. The van der Waals surface area contributed by atoms with Gasteiger partial charge in [-0.05, 0) is 60.7 Å². The summed E-state index contributed by atoms with van der Waals surface area (Å²) in [5, 5.41) is 2.91. The summed E-state index contributed by atoms with van der Waals surface area (Å²) in [6.45, 7) is 6.88. The number of rotatable bonds is 8. The topological polar surface area (TPSA) is 114 Å². The van der Waals surface area contributed by atoms with Gasteiger partial charge in [0.25, 0.3) is 10.0 Å². The van der Waals surface area contributed by atoms with Crippen LogP contribution in [0.4, 0.5) is 10.1 Å². The molecule has 11 heteroatoms. The van der Waals surface area contributed by atoms with Crippen molar-refractivity contribution in [2.45, 2.75) is 50.0 Å². The minimum Gasteiger partial charge on any atom is -0.492 e. The number of fused-ring (bicyclic) bond motifs is 1. The maximum atomic E-state index is 14.1. The lowest BCUT2D eigenvalue weighted by atomic mass is 9.92. The van der Waals surface area contributed by atoms with Crippen molar-refractivity contribution in [1.82, 2.24) is 10.2 Å². The Morgan fingerprint density at radius 3 is 2.70 bits per heavy atom. The highest BCUT2D eigenvalue weighted by atomic mass is 32.2. The van der Waals surface area contributed by atoms with Crippen molar-refractivity contribution in [3.63, 3.8) is 0 Å². The second-order valence-corrected chi connectivity index (χ2v) is 11.1. The highest BCUT2D eigenvalue weighted by Gasteiger charge is 2.30. The summed E-state index contributed by atoms with van der Waals surface area (Å²) in [6.07, 6.45) is 1.24. The van der Waals surface area contributed by atoms with Crippen molar-refractivity contribution in [2.24, 2.45) is 0 Å². The van der Waals surface area contributed by atoms with E-state index in [4.69, 9.17) is 9.47 Å². The zero-order valence-corrected chi connectivity index (χ0v) is 22.0. The molecule has 1 fully saturated rings. The molecule has 0 saturated carbocycles. The zero-order chi connectivity index (χ0) is 26.7. The van der Waals surface area contributed by atoms with Gasteiger partial charge in [0.1, 0.15) is 17.1 Å². The quantitative estimate of drug-likeness (QED) is 0.502. The molecule has 9 nitrogen and oxygen atoms in total. The Balaban J connectivity index is 1.62. The molecule has 0 aromatic heterocycles. The summed E-state index contributed by atoms with van der Waals surface area (Å²) in [4.78, 5) is 27.3. The second-order valence-electron chi connectivity index (χ2n) is 9.42. The molecule has 0 spiro atoms. The lowest BCUT2D eigenvalue weighted by Gasteiger charge is -2.26. The number of amides is 1. The minimum atomic E-state index is -4.32. The van der Waals surface area contributed by atoms with Gasteiger partial charge in [0, 0.05) is 19.1 Å². The van der Waals surface area contributed by atoms with Crippen molar-refractivity contribution in [3.8, 4) is 5.75 Å². The molecular formula is C26H32FN3O6S. The molecule has 2 unspecified atom stereocenters. The molecule has 2 atom stereocenters. The number of ether oxygens (including phenoxy) is 2. The molecule has 2 aliphatic rings. The van der Waals surface area contributed by atoms with Gasteiger partial charge in [0.05, 0.1) is 30.7 Å². The van der Waals surface area contributed by atoms with Crippen molar-refractivity contribution in [3.05, 3.63) is 52.8 Å². The van der Waals surface area contributed by atoms with Gasteiger partial charge in [0.2, 0.25) is 5.91 Å². The predicted molar refractivity (Wildman–Crippen MR) is 136 cm³/mol. The van der Waals surface area contributed by atoms with E-state index in [1.807, 2.05) is 13.8 Å². The summed E-state index contributed by atoms with van der Waals surface area (Å²) in [5.41, 5.74) is 0.739. The number of likely N-dealkylation sites (tertiary alicyclic amines) is 1. The fraction of sp³-hybridized carbons (Fsp3) is 0.462. The van der Waals surface area contributed by atoms with E-state index in [1.54, 1.807) is 6.07 Å². The van der Waals surface area contributed by atoms with Gasteiger partial charge < -0.3 is 19.7 Å². The SMILES string of the molecule is CCN1CCC(NC(=O)Cc2cc(F)ccc2S(=O)(=O)Nc2ccc3c(c2C(=O)OC)OCCC3C)C1. The third-order valence-corrected chi connectivity index (χ3v) is 8.36. The first-order valence-corrected chi connectivity index (χ1v) is 13.8. The summed E-state index contributed by atoms with van der Waals surface area (Å²) < 4.78 is 54.2. The number of benzene rings is 2. The molecule has 2 aliphatic heterocycles. The average Bonchev–Trinajstić information content (AvgIpc) is 3.30. The number of nitrogens with one attached hydrogen (secondary N) is 2. The van der Waals surface area contributed by atoms with Crippen molar-refractivity contribution < 1.29 is 31.9 Å². The van der Waals surface area contributed by atoms with E-state index >= 15 is 0 Å². The molecular weight excluding hydrogens is 501 g/mol. The van der Waals surface area contributed by atoms with E-state index in [-0.39, 0.29) is 45.8 Å². The van der Waals surface area contributed by atoms with Gasteiger partial charge >= 0.3 is 5.97 Å². The summed E-state index contributed by atoms with van der Waals surface area (Å²) in [7, 11) is -3.12. The predicted octanol–water partition coefficient (Wildman–Crippen LogP) is 3.05. The summed E-state index contributed by atoms with van der Waals surface area (Å²) in [5.74, 6) is -1.41. The third kappa shape index (κ3) is 5.88. The number of methoxy groups -OCH3 is 1. The van der Waals surface area contributed by atoms with Crippen LogP contribution in [-0.4, -0.2) is 64.6 Å². The molecule has 37 heavy (non-hydrogen) atoms. The van der Waals surface area contributed by atoms with Gasteiger partial charge in [-0.1, -0.05) is 19.9 Å². The van der Waals surface area contributed by atoms with Crippen LogP contribution in [0.2, 0.25) is 0 Å². The Morgan fingerprint density at radius 2 is 2.00 bits per heavy atom. The first-order chi connectivity index (χ1) is 17.6. The van der Waals surface area contributed by atoms with Gasteiger partial charge in [-0.15, -0.1) is 0 Å². The third-order valence-electron chi connectivity index (χ3n) is 6.90.